The number of nitrogens with one attached hydrogen (secondary N) is 1. The third kappa shape index (κ3) is 5.78. The molecule has 2 fully saturated rings. The molecule has 0 saturated carbocycles. The lowest BCUT2D eigenvalue weighted by molar-refractivity contribution is -0.384. The van der Waals surface area contributed by atoms with Crippen LogP contribution in [0.4, 0.5) is 23.3 Å². The van der Waals surface area contributed by atoms with E-state index in [1.54, 1.807) is 18.2 Å². The van der Waals surface area contributed by atoms with Crippen LogP contribution in [0.15, 0.2) is 45.9 Å². The van der Waals surface area contributed by atoms with Crippen LogP contribution >= 0.6 is 0 Å². The number of furan rings is 1. The van der Waals surface area contributed by atoms with E-state index < -0.39 is 4.92 Å². The van der Waals surface area contributed by atoms with Gasteiger partial charge in [-0.1, -0.05) is 0 Å². The number of hydrogen-bond donors (Lipinski definition) is 1. The minimum absolute atomic E-state index is 0.0594. The molecular formula is C24H27N7O6. The fraction of sp³-hybridized carbons (Fsp3) is 0.375. The number of benzene rings is 1. The van der Waals surface area contributed by atoms with Gasteiger partial charge >= 0.3 is 0 Å². The lowest BCUT2D eigenvalue weighted by Gasteiger charge is -2.31. The number of morpholine rings is 2. The van der Waals surface area contributed by atoms with Gasteiger partial charge in [-0.05, 0) is 18.2 Å². The van der Waals surface area contributed by atoms with Gasteiger partial charge in [0.15, 0.2) is 5.82 Å². The van der Waals surface area contributed by atoms with E-state index >= 15 is 0 Å². The summed E-state index contributed by atoms with van der Waals surface area (Å²) in [5.41, 5.74) is 3.53. The zero-order chi connectivity index (χ0) is 25.6. The highest BCUT2D eigenvalue weighted by atomic mass is 16.6. The molecule has 13 nitrogen and oxygen atoms in total. The Bertz CT molecular complexity index is 1230. The zero-order valence-corrected chi connectivity index (χ0v) is 20.3. The number of methoxy groups -OCH3 is 1. The largest absolute Gasteiger partial charge is 0.496 e. The predicted octanol–water partition coefficient (Wildman–Crippen LogP) is 2.77. The van der Waals surface area contributed by atoms with E-state index in [0.717, 1.165) is 32.0 Å². The summed E-state index contributed by atoms with van der Waals surface area (Å²) in [6.07, 6.45) is 1.53. The Hall–Kier alpha value is -4.23. The average Bonchev–Trinajstić information content (AvgIpc) is 3.42. The molecule has 0 amide bonds. The molecular weight excluding hydrogens is 482 g/mol. The van der Waals surface area contributed by atoms with E-state index in [-0.39, 0.29) is 5.69 Å². The summed E-state index contributed by atoms with van der Waals surface area (Å²) in [7, 11) is 1.45. The topological polar surface area (TPSA) is 141 Å². The zero-order valence-electron chi connectivity index (χ0n) is 20.3. The maximum absolute atomic E-state index is 11.1. The highest BCUT2D eigenvalue weighted by molar-refractivity contribution is 5.79. The molecule has 2 aliphatic rings. The van der Waals surface area contributed by atoms with Crippen LogP contribution in [0, 0.1) is 10.1 Å². The third-order valence-corrected chi connectivity index (χ3v) is 5.99. The van der Waals surface area contributed by atoms with Crippen LogP contribution in [0.2, 0.25) is 0 Å². The number of aromatic nitrogens is 2. The predicted molar refractivity (Wildman–Crippen MR) is 137 cm³/mol. The number of nitro groups is 1. The Morgan fingerprint density at radius 2 is 1.76 bits per heavy atom. The number of hydrogen-bond acceptors (Lipinski definition) is 12. The van der Waals surface area contributed by atoms with Crippen molar-refractivity contribution in [2.24, 2.45) is 5.10 Å². The van der Waals surface area contributed by atoms with Gasteiger partial charge in [0.25, 0.3) is 5.69 Å². The number of rotatable bonds is 8. The third-order valence-electron chi connectivity index (χ3n) is 5.99. The van der Waals surface area contributed by atoms with E-state index in [4.69, 9.17) is 23.6 Å². The molecule has 0 bridgehead atoms. The first-order valence-corrected chi connectivity index (χ1v) is 11.9. The van der Waals surface area contributed by atoms with Crippen LogP contribution in [0.1, 0.15) is 5.76 Å². The summed E-state index contributed by atoms with van der Waals surface area (Å²) in [5, 5.41) is 15.4. The van der Waals surface area contributed by atoms with Gasteiger partial charge in [0.1, 0.15) is 23.1 Å². The molecule has 194 valence electrons. The molecule has 0 radical (unpaired) electrons. The van der Waals surface area contributed by atoms with Crippen LogP contribution in [0.25, 0.3) is 11.3 Å². The summed E-state index contributed by atoms with van der Waals surface area (Å²) >= 11 is 0. The summed E-state index contributed by atoms with van der Waals surface area (Å²) in [6, 6.07) is 9.73. The van der Waals surface area contributed by atoms with Crippen LogP contribution in [0.3, 0.4) is 0 Å². The molecule has 4 heterocycles. The van der Waals surface area contributed by atoms with Crippen LogP contribution in [0.5, 0.6) is 5.75 Å². The second-order valence-electron chi connectivity index (χ2n) is 8.32. The Morgan fingerprint density at radius 1 is 1.03 bits per heavy atom. The number of nitrogens with zero attached hydrogens (tertiary/aromatic N) is 6. The van der Waals surface area contributed by atoms with E-state index in [9.17, 15) is 10.1 Å². The Morgan fingerprint density at radius 3 is 2.46 bits per heavy atom. The van der Waals surface area contributed by atoms with Crippen molar-refractivity contribution >= 4 is 29.5 Å². The van der Waals surface area contributed by atoms with Crippen molar-refractivity contribution in [3.05, 3.63) is 52.3 Å². The lowest BCUT2D eigenvalue weighted by Crippen LogP contribution is -2.39. The summed E-state index contributed by atoms with van der Waals surface area (Å²) in [4.78, 5) is 24.3. The molecule has 3 aromatic rings. The van der Waals surface area contributed by atoms with E-state index in [1.807, 2.05) is 6.07 Å². The molecule has 1 aromatic carbocycles. The van der Waals surface area contributed by atoms with Crippen molar-refractivity contribution < 1.29 is 23.6 Å². The first-order chi connectivity index (χ1) is 18.1. The minimum atomic E-state index is -0.472. The van der Waals surface area contributed by atoms with Crippen molar-refractivity contribution in [2.75, 3.05) is 74.9 Å². The standard InChI is InChI=1S/C24H27N7O6/c1-34-21-14-17(31(32)33)2-4-19(21)20-5-3-18(37-20)16-25-28-22-15-23(29-6-10-35-11-7-29)27-24(26-22)30-8-12-36-13-9-30/h2-5,14-16H,6-13H2,1H3,(H,26,27,28)/b25-16-. The molecule has 2 saturated heterocycles. The molecule has 2 aromatic heterocycles. The number of nitro benzene ring substituents is 1. The second-order valence-corrected chi connectivity index (χ2v) is 8.32. The molecule has 5 rings (SSSR count). The van der Waals surface area contributed by atoms with Gasteiger partial charge in [-0.15, -0.1) is 0 Å². The SMILES string of the molecule is COc1cc([N+](=O)[O-])ccc1-c1ccc(/C=N\Nc2cc(N3CCOCC3)nc(N3CCOCC3)n2)o1. The Balaban J connectivity index is 1.33. The summed E-state index contributed by atoms with van der Waals surface area (Å²) in [6.45, 7) is 5.51. The molecule has 0 atom stereocenters. The summed E-state index contributed by atoms with van der Waals surface area (Å²) < 4.78 is 22.1. The second kappa shape index (κ2) is 11.2. The monoisotopic (exact) mass is 509 g/mol. The van der Waals surface area contributed by atoms with Crippen LogP contribution in [-0.4, -0.2) is 80.8 Å². The quantitative estimate of drug-likeness (QED) is 0.272. The van der Waals surface area contributed by atoms with Crippen molar-refractivity contribution in [3.8, 4) is 17.1 Å². The van der Waals surface area contributed by atoms with Gasteiger partial charge < -0.3 is 28.4 Å². The van der Waals surface area contributed by atoms with Gasteiger partial charge in [-0.25, -0.2) is 0 Å². The Labute approximate surface area is 212 Å². The van der Waals surface area contributed by atoms with Crippen LogP contribution < -0.4 is 20.0 Å². The molecule has 0 aliphatic carbocycles. The van der Waals surface area contributed by atoms with Gasteiger partial charge in [-0.3, -0.25) is 15.5 Å². The summed E-state index contributed by atoms with van der Waals surface area (Å²) in [5.74, 6) is 3.31. The van der Waals surface area contributed by atoms with E-state index in [2.05, 4.69) is 25.3 Å². The van der Waals surface area contributed by atoms with Crippen molar-refractivity contribution in [1.29, 1.82) is 0 Å². The average molecular weight is 510 g/mol. The highest BCUT2D eigenvalue weighted by Crippen LogP contribution is 2.34. The molecule has 13 heteroatoms. The van der Waals surface area contributed by atoms with Gasteiger partial charge in [0, 0.05) is 38.3 Å². The van der Waals surface area contributed by atoms with Gasteiger partial charge in [0.05, 0.1) is 56.3 Å². The fourth-order valence-electron chi connectivity index (χ4n) is 4.06. The number of non-ortho nitro benzene ring substituents is 1. The van der Waals surface area contributed by atoms with Crippen LogP contribution in [-0.2, 0) is 9.47 Å². The maximum atomic E-state index is 11.1. The van der Waals surface area contributed by atoms with Crippen molar-refractivity contribution in [3.63, 3.8) is 0 Å². The fourth-order valence-corrected chi connectivity index (χ4v) is 4.06. The number of anilines is 3. The molecule has 0 unspecified atom stereocenters. The lowest BCUT2D eigenvalue weighted by atomic mass is 10.1. The molecule has 0 spiro atoms. The molecule has 37 heavy (non-hydrogen) atoms. The van der Waals surface area contributed by atoms with E-state index in [0.29, 0.717) is 61.0 Å². The van der Waals surface area contributed by atoms with Crippen molar-refractivity contribution in [1.82, 2.24) is 9.97 Å². The first-order valence-electron chi connectivity index (χ1n) is 11.9. The highest BCUT2D eigenvalue weighted by Gasteiger charge is 2.20. The molecule has 2 aliphatic heterocycles. The number of ether oxygens (including phenoxy) is 3. The molecule has 1 N–H and O–H groups in total. The normalized spacial score (nSPS) is 16.2. The van der Waals surface area contributed by atoms with Crippen molar-refractivity contribution in [2.45, 2.75) is 0 Å². The number of hydrazone groups is 1. The van der Waals surface area contributed by atoms with E-state index in [1.165, 1.54) is 25.5 Å². The Kier molecular flexibility index (Phi) is 7.42. The maximum Gasteiger partial charge on any atom is 0.273 e. The van der Waals surface area contributed by atoms with Gasteiger partial charge in [0.2, 0.25) is 5.95 Å². The minimum Gasteiger partial charge on any atom is -0.496 e. The van der Waals surface area contributed by atoms with Gasteiger partial charge in [-0.2, -0.15) is 15.1 Å². The first kappa shape index (κ1) is 24.5. The smallest absolute Gasteiger partial charge is 0.273 e.